The van der Waals surface area contributed by atoms with Gasteiger partial charge in [0.2, 0.25) is 27.9 Å². The molecule has 1 saturated carbocycles. The molecule has 0 amide bonds. The summed E-state index contributed by atoms with van der Waals surface area (Å²) in [6.07, 6.45) is 3.50. The first kappa shape index (κ1) is 27.1. The third kappa shape index (κ3) is 7.51. The molecule has 0 atom stereocenters. The lowest BCUT2D eigenvalue weighted by Crippen LogP contribution is -2.38. The Morgan fingerprint density at radius 1 is 0.886 bits per heavy atom. The van der Waals surface area contributed by atoms with E-state index in [0.717, 1.165) is 56.4 Å². The molecule has 1 aromatic carbocycles. The highest BCUT2D eigenvalue weighted by atomic mass is 32.2. The number of nitrogens with one attached hydrogen (secondary N) is 4. The van der Waals surface area contributed by atoms with Crippen molar-refractivity contribution in [1.82, 2.24) is 19.7 Å². The Morgan fingerprint density at radius 2 is 1.43 bits per heavy atom. The number of aryl methyl sites for hydroxylation is 1. The summed E-state index contributed by atoms with van der Waals surface area (Å²) in [6, 6.07) is 5.61. The van der Waals surface area contributed by atoms with Crippen LogP contribution in [0.1, 0.15) is 71.4 Å². The molecule has 0 unspecified atom stereocenters. The van der Waals surface area contributed by atoms with Gasteiger partial charge in [0.05, 0.1) is 4.90 Å². The van der Waals surface area contributed by atoms with Crippen molar-refractivity contribution in [2.75, 3.05) is 35.6 Å². The van der Waals surface area contributed by atoms with Crippen LogP contribution in [0, 0.1) is 12.8 Å². The molecule has 10 heteroatoms. The standard InChI is InChI=1S/C25H41N7O2S/c1-7-26-22-29-23(27-8-2)31-24(30-22)28-16-18-9-12-20(13-10-18)32-35(33,34)21-14-11-19(15-17(21)3)25(4,5)6/h11,14-15,18,20,32H,7-10,12-13,16H2,1-6H3,(H3,26,27,28,29,30,31). The molecule has 3 rings (SSSR count). The predicted molar refractivity (Wildman–Crippen MR) is 143 cm³/mol. The Hall–Kier alpha value is -2.46. The third-order valence-corrected chi connectivity index (χ3v) is 8.03. The van der Waals surface area contributed by atoms with Gasteiger partial charge in [0, 0.05) is 25.7 Å². The van der Waals surface area contributed by atoms with Crippen LogP contribution in [0.15, 0.2) is 23.1 Å². The largest absolute Gasteiger partial charge is 0.354 e. The van der Waals surface area contributed by atoms with Crippen LogP contribution in [0.25, 0.3) is 0 Å². The van der Waals surface area contributed by atoms with E-state index in [1.165, 1.54) is 0 Å². The maximum atomic E-state index is 13.1. The molecule has 0 radical (unpaired) electrons. The second-order valence-electron chi connectivity index (χ2n) is 10.3. The highest BCUT2D eigenvalue weighted by molar-refractivity contribution is 7.89. The zero-order valence-corrected chi connectivity index (χ0v) is 22.7. The molecule has 1 heterocycles. The summed E-state index contributed by atoms with van der Waals surface area (Å²) in [6.45, 7) is 14.5. The Balaban J connectivity index is 1.55. The smallest absolute Gasteiger partial charge is 0.241 e. The molecule has 0 aliphatic heterocycles. The molecule has 1 aliphatic carbocycles. The van der Waals surface area contributed by atoms with Crippen LogP contribution in [0.4, 0.5) is 17.8 Å². The maximum absolute atomic E-state index is 13.1. The average Bonchev–Trinajstić information content (AvgIpc) is 2.78. The van der Waals surface area contributed by atoms with Crippen LogP contribution in [-0.2, 0) is 15.4 Å². The minimum absolute atomic E-state index is 0.0175. The SMILES string of the molecule is CCNc1nc(NCC)nc(NCC2CCC(NS(=O)(=O)c3ccc(C(C)(C)C)cc3C)CC2)n1. The Kier molecular flexibility index (Phi) is 8.93. The molecule has 1 aromatic heterocycles. The first-order valence-corrected chi connectivity index (χ1v) is 14.1. The fourth-order valence-electron chi connectivity index (χ4n) is 4.35. The number of anilines is 3. The second-order valence-corrected chi connectivity index (χ2v) is 12.0. The highest BCUT2D eigenvalue weighted by Gasteiger charge is 2.27. The summed E-state index contributed by atoms with van der Waals surface area (Å²) in [7, 11) is -3.55. The van der Waals surface area contributed by atoms with Crippen LogP contribution >= 0.6 is 0 Å². The van der Waals surface area contributed by atoms with Crippen molar-refractivity contribution < 1.29 is 8.42 Å². The number of rotatable bonds is 10. The van der Waals surface area contributed by atoms with Gasteiger partial charge in [0.25, 0.3) is 0 Å². The van der Waals surface area contributed by atoms with Crippen molar-refractivity contribution in [2.45, 2.75) is 83.6 Å². The molecule has 0 saturated heterocycles. The van der Waals surface area contributed by atoms with Gasteiger partial charge < -0.3 is 16.0 Å². The van der Waals surface area contributed by atoms with Gasteiger partial charge in [-0.05, 0) is 75.0 Å². The summed E-state index contributed by atoms with van der Waals surface area (Å²) < 4.78 is 29.1. The summed E-state index contributed by atoms with van der Waals surface area (Å²) in [5.74, 6) is 2.07. The molecular weight excluding hydrogens is 462 g/mol. The number of sulfonamides is 1. The summed E-state index contributed by atoms with van der Waals surface area (Å²) in [5.41, 5.74) is 1.90. The maximum Gasteiger partial charge on any atom is 0.241 e. The molecule has 0 spiro atoms. The summed E-state index contributed by atoms with van der Waals surface area (Å²) >= 11 is 0. The molecule has 1 fully saturated rings. The summed E-state index contributed by atoms with van der Waals surface area (Å²) in [4.78, 5) is 13.6. The molecule has 9 nitrogen and oxygen atoms in total. The first-order chi connectivity index (χ1) is 16.5. The van der Waals surface area contributed by atoms with E-state index < -0.39 is 10.0 Å². The van der Waals surface area contributed by atoms with Gasteiger partial charge in [0.15, 0.2) is 0 Å². The Morgan fingerprint density at radius 3 is 1.91 bits per heavy atom. The molecule has 2 aromatic rings. The zero-order valence-electron chi connectivity index (χ0n) is 21.9. The Bertz CT molecular complexity index is 1070. The van der Waals surface area contributed by atoms with Gasteiger partial charge in [-0.3, -0.25) is 0 Å². The molecule has 194 valence electrons. The number of hydrogen-bond donors (Lipinski definition) is 4. The highest BCUT2D eigenvalue weighted by Crippen LogP contribution is 2.28. The van der Waals surface area contributed by atoms with Crippen LogP contribution in [0.3, 0.4) is 0 Å². The lowest BCUT2D eigenvalue weighted by molar-refractivity contribution is 0.323. The van der Waals surface area contributed by atoms with E-state index in [4.69, 9.17) is 0 Å². The van der Waals surface area contributed by atoms with E-state index in [1.807, 2.05) is 32.9 Å². The molecular formula is C25H41N7O2S. The zero-order chi connectivity index (χ0) is 25.6. The van der Waals surface area contributed by atoms with Gasteiger partial charge >= 0.3 is 0 Å². The van der Waals surface area contributed by atoms with Crippen molar-refractivity contribution in [1.29, 1.82) is 0 Å². The van der Waals surface area contributed by atoms with E-state index in [1.54, 1.807) is 6.07 Å². The van der Waals surface area contributed by atoms with E-state index in [9.17, 15) is 8.42 Å². The van der Waals surface area contributed by atoms with Crippen LogP contribution < -0.4 is 20.7 Å². The second kappa shape index (κ2) is 11.5. The minimum Gasteiger partial charge on any atom is -0.354 e. The fraction of sp³-hybridized carbons (Fsp3) is 0.640. The minimum atomic E-state index is -3.55. The molecule has 35 heavy (non-hydrogen) atoms. The van der Waals surface area contributed by atoms with E-state index >= 15 is 0 Å². The monoisotopic (exact) mass is 503 g/mol. The van der Waals surface area contributed by atoms with Crippen molar-refractivity contribution in [3.05, 3.63) is 29.3 Å². The van der Waals surface area contributed by atoms with E-state index in [0.29, 0.717) is 28.7 Å². The third-order valence-electron chi connectivity index (χ3n) is 6.35. The number of benzene rings is 1. The van der Waals surface area contributed by atoms with Crippen molar-refractivity contribution in [3.8, 4) is 0 Å². The van der Waals surface area contributed by atoms with Crippen LogP contribution in [0.2, 0.25) is 0 Å². The van der Waals surface area contributed by atoms with E-state index in [2.05, 4.69) is 56.4 Å². The topological polar surface area (TPSA) is 121 Å². The van der Waals surface area contributed by atoms with Gasteiger partial charge in [0.1, 0.15) is 0 Å². The molecule has 0 bridgehead atoms. The van der Waals surface area contributed by atoms with Crippen LogP contribution in [-0.4, -0.2) is 49.0 Å². The predicted octanol–water partition coefficient (Wildman–Crippen LogP) is 4.29. The van der Waals surface area contributed by atoms with Crippen LogP contribution in [0.5, 0.6) is 0 Å². The lowest BCUT2D eigenvalue weighted by atomic mass is 9.86. The Labute approximate surface area is 210 Å². The van der Waals surface area contributed by atoms with Crippen molar-refractivity contribution in [2.24, 2.45) is 5.92 Å². The number of aromatic nitrogens is 3. The van der Waals surface area contributed by atoms with Crippen molar-refractivity contribution >= 4 is 27.9 Å². The molecule has 1 aliphatic rings. The lowest BCUT2D eigenvalue weighted by Gasteiger charge is -2.29. The van der Waals surface area contributed by atoms with E-state index in [-0.39, 0.29) is 11.5 Å². The first-order valence-electron chi connectivity index (χ1n) is 12.6. The van der Waals surface area contributed by atoms with Crippen molar-refractivity contribution in [3.63, 3.8) is 0 Å². The van der Waals surface area contributed by atoms with Gasteiger partial charge in [-0.25, -0.2) is 13.1 Å². The number of hydrogen-bond acceptors (Lipinski definition) is 8. The number of nitrogens with zero attached hydrogens (tertiary/aromatic N) is 3. The van der Waals surface area contributed by atoms with Gasteiger partial charge in [-0.1, -0.05) is 32.9 Å². The summed E-state index contributed by atoms with van der Waals surface area (Å²) in [5, 5.41) is 9.61. The fourth-order valence-corrected chi connectivity index (χ4v) is 5.88. The molecule has 4 N–H and O–H groups in total. The van der Waals surface area contributed by atoms with Gasteiger partial charge in [-0.2, -0.15) is 15.0 Å². The normalized spacial score (nSPS) is 18.8. The average molecular weight is 504 g/mol. The quantitative estimate of drug-likeness (QED) is 0.379. The van der Waals surface area contributed by atoms with Gasteiger partial charge in [-0.15, -0.1) is 0 Å².